The Morgan fingerprint density at radius 2 is 1.56 bits per heavy atom. The van der Waals surface area contributed by atoms with E-state index in [2.05, 4.69) is 20.4 Å². The summed E-state index contributed by atoms with van der Waals surface area (Å²) in [5, 5.41) is 15.8. The van der Waals surface area contributed by atoms with Crippen molar-refractivity contribution >= 4 is 0 Å². The monoisotopic (exact) mass is 334 g/mol. The molecule has 0 aliphatic rings. The summed E-state index contributed by atoms with van der Waals surface area (Å²) in [4.78, 5) is 0. The summed E-state index contributed by atoms with van der Waals surface area (Å²) in [7, 11) is 0. The van der Waals surface area contributed by atoms with Crippen molar-refractivity contribution < 1.29 is 13.6 Å². The van der Waals surface area contributed by atoms with Crippen LogP contribution in [0.5, 0.6) is 6.08 Å². The van der Waals surface area contributed by atoms with Gasteiger partial charge in [0.1, 0.15) is 0 Å². The predicted molar refractivity (Wildman–Crippen MR) is 88.5 cm³/mol. The quantitative estimate of drug-likeness (QED) is 0.550. The molecule has 0 saturated heterocycles. The first-order chi connectivity index (χ1) is 12.3. The molecular formula is C18H14N4O3. The first-order valence-electron chi connectivity index (χ1n) is 7.69. The highest BCUT2D eigenvalue weighted by Crippen LogP contribution is 2.22. The van der Waals surface area contributed by atoms with Gasteiger partial charge in [-0.3, -0.25) is 0 Å². The second-order valence-corrected chi connectivity index (χ2v) is 5.40. The lowest BCUT2D eigenvalue weighted by molar-refractivity contribution is 0.198. The molecule has 4 rings (SSSR count). The van der Waals surface area contributed by atoms with Crippen molar-refractivity contribution in [2.24, 2.45) is 0 Å². The Balaban J connectivity index is 1.43. The van der Waals surface area contributed by atoms with E-state index in [0.29, 0.717) is 17.7 Å². The number of benzene rings is 2. The lowest BCUT2D eigenvalue weighted by atomic mass is 10.1. The smallest absolute Gasteiger partial charge is 0.415 e. The summed E-state index contributed by atoms with van der Waals surface area (Å²) in [6.07, 6.45) is 0.0501. The predicted octanol–water partition coefficient (Wildman–Crippen LogP) is 3.67. The van der Waals surface area contributed by atoms with Gasteiger partial charge >= 0.3 is 6.08 Å². The van der Waals surface area contributed by atoms with E-state index >= 15 is 0 Å². The van der Waals surface area contributed by atoms with Gasteiger partial charge in [-0.1, -0.05) is 41.0 Å². The van der Waals surface area contributed by atoms with Crippen molar-refractivity contribution in [3.63, 3.8) is 0 Å². The van der Waals surface area contributed by atoms with Crippen LogP contribution in [0.25, 0.3) is 22.9 Å². The zero-order valence-corrected chi connectivity index (χ0v) is 13.4. The number of nitrogens with zero attached hydrogens (tertiary/aromatic N) is 4. The molecule has 2 aromatic heterocycles. The summed E-state index contributed by atoms with van der Waals surface area (Å²) in [5.41, 5.74) is 2.81. The van der Waals surface area contributed by atoms with Gasteiger partial charge in [-0.05, 0) is 31.2 Å². The van der Waals surface area contributed by atoms with Crippen molar-refractivity contribution in [2.45, 2.75) is 13.5 Å². The molecular weight excluding hydrogens is 320 g/mol. The molecule has 0 unspecified atom stereocenters. The maximum absolute atomic E-state index is 5.60. The fourth-order valence-electron chi connectivity index (χ4n) is 2.30. The van der Waals surface area contributed by atoms with Gasteiger partial charge in [-0.25, -0.2) is 0 Å². The van der Waals surface area contributed by atoms with Gasteiger partial charge in [-0.15, -0.1) is 15.3 Å². The number of ether oxygens (including phenoxy) is 1. The van der Waals surface area contributed by atoms with Crippen LogP contribution in [-0.4, -0.2) is 20.4 Å². The lowest BCUT2D eigenvalue weighted by Gasteiger charge is -1.97. The second-order valence-electron chi connectivity index (χ2n) is 5.40. The second kappa shape index (κ2) is 6.56. The summed E-state index contributed by atoms with van der Waals surface area (Å²) < 4.78 is 16.5. The summed E-state index contributed by atoms with van der Waals surface area (Å²) >= 11 is 0. The van der Waals surface area contributed by atoms with Crippen LogP contribution < -0.4 is 4.74 Å². The van der Waals surface area contributed by atoms with Crippen molar-refractivity contribution in [2.75, 3.05) is 0 Å². The van der Waals surface area contributed by atoms with Crippen LogP contribution in [0.15, 0.2) is 63.4 Å². The van der Waals surface area contributed by atoms with Crippen molar-refractivity contribution in [3.8, 4) is 29.0 Å². The van der Waals surface area contributed by atoms with Crippen LogP contribution in [0, 0.1) is 6.92 Å². The van der Waals surface area contributed by atoms with Crippen LogP contribution in [0.4, 0.5) is 0 Å². The van der Waals surface area contributed by atoms with Crippen LogP contribution >= 0.6 is 0 Å². The Bertz CT molecular complexity index is 979. The molecule has 4 aromatic rings. The number of aromatic nitrogens is 4. The molecule has 0 atom stereocenters. The van der Waals surface area contributed by atoms with E-state index in [1.165, 1.54) is 0 Å². The fraction of sp³-hybridized carbons (Fsp3) is 0.111. The van der Waals surface area contributed by atoms with Crippen molar-refractivity contribution in [1.82, 2.24) is 20.4 Å². The van der Waals surface area contributed by atoms with Crippen LogP contribution in [0.2, 0.25) is 0 Å². The Morgan fingerprint density at radius 3 is 2.40 bits per heavy atom. The summed E-state index contributed by atoms with van der Waals surface area (Å²) in [5.74, 6) is 1.16. The van der Waals surface area contributed by atoms with E-state index in [1.54, 1.807) is 0 Å². The molecule has 0 amide bonds. The Morgan fingerprint density at radius 1 is 0.800 bits per heavy atom. The van der Waals surface area contributed by atoms with E-state index in [-0.39, 0.29) is 12.7 Å². The third kappa shape index (κ3) is 3.40. The topological polar surface area (TPSA) is 87.1 Å². The minimum atomic E-state index is 0.0501. The molecule has 0 N–H and O–H groups in total. The van der Waals surface area contributed by atoms with Gasteiger partial charge in [0.05, 0.1) is 0 Å². The molecule has 0 aliphatic carbocycles. The van der Waals surface area contributed by atoms with Gasteiger partial charge < -0.3 is 13.6 Å². The fourth-order valence-corrected chi connectivity index (χ4v) is 2.30. The zero-order valence-electron chi connectivity index (χ0n) is 13.4. The van der Waals surface area contributed by atoms with Gasteiger partial charge in [0.15, 0.2) is 6.61 Å². The highest BCUT2D eigenvalue weighted by molar-refractivity contribution is 5.53. The SMILES string of the molecule is Cc1cccc(-c2nnc(COc3nnc(-c4ccccc4)o3)o2)c1. The molecule has 7 nitrogen and oxygen atoms in total. The number of rotatable bonds is 5. The third-order valence-electron chi connectivity index (χ3n) is 3.48. The molecule has 2 heterocycles. The van der Waals surface area contributed by atoms with E-state index in [4.69, 9.17) is 13.6 Å². The molecule has 0 saturated carbocycles. The lowest BCUT2D eigenvalue weighted by Crippen LogP contribution is -1.95. The van der Waals surface area contributed by atoms with Crippen molar-refractivity contribution in [1.29, 1.82) is 0 Å². The number of hydrogen-bond donors (Lipinski definition) is 0. The molecule has 0 fully saturated rings. The maximum Gasteiger partial charge on any atom is 0.415 e. The normalized spacial score (nSPS) is 10.8. The van der Waals surface area contributed by atoms with Crippen LogP contribution in [0.1, 0.15) is 11.5 Å². The highest BCUT2D eigenvalue weighted by Gasteiger charge is 2.13. The molecule has 25 heavy (non-hydrogen) atoms. The standard InChI is InChI=1S/C18H14N4O3/c1-12-6-5-9-14(10-12)17-20-19-15(24-17)11-23-18-22-21-16(25-18)13-7-3-2-4-8-13/h2-10H,11H2,1H3. The Hall–Kier alpha value is -3.48. The Labute approximate surface area is 143 Å². The number of aryl methyl sites for hydroxylation is 1. The first kappa shape index (κ1) is 15.1. The minimum absolute atomic E-state index is 0.0501. The van der Waals surface area contributed by atoms with Gasteiger partial charge in [0, 0.05) is 11.1 Å². The van der Waals surface area contributed by atoms with Gasteiger partial charge in [0.2, 0.25) is 5.89 Å². The molecule has 124 valence electrons. The summed E-state index contributed by atoms with van der Waals surface area (Å²) in [6.45, 7) is 2.05. The van der Waals surface area contributed by atoms with E-state index < -0.39 is 0 Å². The molecule has 2 aromatic carbocycles. The molecule has 0 radical (unpaired) electrons. The largest absolute Gasteiger partial charge is 0.439 e. The Kier molecular flexibility index (Phi) is 3.96. The van der Waals surface area contributed by atoms with Crippen molar-refractivity contribution in [3.05, 3.63) is 66.1 Å². The van der Waals surface area contributed by atoms with Crippen LogP contribution in [-0.2, 0) is 6.61 Å². The molecule has 0 spiro atoms. The molecule has 7 heteroatoms. The summed E-state index contributed by atoms with van der Waals surface area (Å²) in [6, 6.07) is 17.3. The molecule has 0 aliphatic heterocycles. The minimum Gasteiger partial charge on any atom is -0.439 e. The number of hydrogen-bond acceptors (Lipinski definition) is 7. The van der Waals surface area contributed by atoms with Gasteiger partial charge in [-0.2, -0.15) is 0 Å². The first-order valence-corrected chi connectivity index (χ1v) is 7.69. The molecule has 0 bridgehead atoms. The maximum atomic E-state index is 5.60. The van der Waals surface area contributed by atoms with E-state index in [1.807, 2.05) is 61.5 Å². The third-order valence-corrected chi connectivity index (χ3v) is 3.48. The zero-order chi connectivity index (χ0) is 17.1. The van der Waals surface area contributed by atoms with E-state index in [0.717, 1.165) is 16.7 Å². The van der Waals surface area contributed by atoms with Crippen LogP contribution in [0.3, 0.4) is 0 Å². The highest BCUT2D eigenvalue weighted by atomic mass is 16.6. The van der Waals surface area contributed by atoms with Gasteiger partial charge in [0.25, 0.3) is 11.8 Å². The van der Waals surface area contributed by atoms with E-state index in [9.17, 15) is 0 Å². The average Bonchev–Trinajstić information content (AvgIpc) is 3.30. The average molecular weight is 334 g/mol.